The van der Waals surface area contributed by atoms with Crippen molar-refractivity contribution in [3.63, 3.8) is 0 Å². The molecule has 1 aliphatic carbocycles. The maximum atomic E-state index is 13.6. The Kier molecular flexibility index (Phi) is 17.4. The molecule has 2 rings (SSSR count). The molecule has 0 radical (unpaired) electrons. The Labute approximate surface area is 273 Å². The number of nitrogens with one attached hydrogen (secondary N) is 4. The Bertz CT molecular complexity index is 1070. The molecule has 0 heterocycles. The van der Waals surface area contributed by atoms with E-state index >= 15 is 0 Å². The summed E-state index contributed by atoms with van der Waals surface area (Å²) in [6.45, 7) is 8.04. The zero-order valence-corrected chi connectivity index (χ0v) is 28.3. The van der Waals surface area contributed by atoms with Crippen molar-refractivity contribution in [2.24, 2.45) is 17.8 Å². The van der Waals surface area contributed by atoms with Crippen LogP contribution in [0.15, 0.2) is 30.3 Å². The fraction of sp³-hybridized carbons (Fsp3) is 0.697. The number of hydrazine groups is 1. The number of ether oxygens (including phenoxy) is 3. The third-order valence-electron chi connectivity index (χ3n) is 8.12. The van der Waals surface area contributed by atoms with E-state index in [-0.39, 0.29) is 31.6 Å². The molecule has 1 saturated carbocycles. The summed E-state index contributed by atoms with van der Waals surface area (Å²) in [6, 6.07) is 6.92. The van der Waals surface area contributed by atoms with Crippen LogP contribution in [0.1, 0.15) is 65.4 Å². The first-order valence-corrected chi connectivity index (χ1v) is 16.3. The average molecular weight is 650 g/mol. The second kappa shape index (κ2) is 20.7. The number of aliphatic hydroxyl groups excluding tert-OH is 1. The largest absolute Gasteiger partial charge is 0.453 e. The topological polar surface area (TPSA) is 168 Å². The number of hydrogen-bond donors (Lipinski definition) is 5. The van der Waals surface area contributed by atoms with Gasteiger partial charge in [0.2, 0.25) is 5.91 Å². The van der Waals surface area contributed by atoms with Gasteiger partial charge in [0, 0.05) is 20.2 Å². The zero-order chi connectivity index (χ0) is 34.1. The second-order valence-corrected chi connectivity index (χ2v) is 12.6. The number of aliphatic hydroxyl groups is 1. The van der Waals surface area contributed by atoms with Gasteiger partial charge in [-0.15, -0.1) is 0 Å². The number of carbonyl (C=O) groups is 4. The minimum atomic E-state index is -1.11. The molecule has 1 aromatic rings. The predicted molar refractivity (Wildman–Crippen MR) is 174 cm³/mol. The second-order valence-electron chi connectivity index (χ2n) is 12.6. The van der Waals surface area contributed by atoms with E-state index in [1.165, 1.54) is 14.2 Å². The van der Waals surface area contributed by atoms with Crippen LogP contribution in [0, 0.1) is 17.8 Å². The molecule has 5 N–H and O–H groups in total. The molecule has 13 nitrogen and oxygen atoms in total. The maximum absolute atomic E-state index is 13.6. The lowest BCUT2D eigenvalue weighted by atomic mass is 9.89. The van der Waals surface area contributed by atoms with Crippen LogP contribution < -0.4 is 21.4 Å². The molecule has 0 unspecified atom stereocenters. The van der Waals surface area contributed by atoms with Gasteiger partial charge in [0.15, 0.2) is 0 Å². The van der Waals surface area contributed by atoms with E-state index in [4.69, 9.17) is 14.2 Å². The van der Waals surface area contributed by atoms with Crippen molar-refractivity contribution in [2.45, 2.75) is 90.4 Å². The van der Waals surface area contributed by atoms with Crippen molar-refractivity contribution in [3.05, 3.63) is 35.9 Å². The van der Waals surface area contributed by atoms with E-state index in [0.717, 1.165) is 37.7 Å². The molecule has 0 aromatic heterocycles. The number of rotatable bonds is 18. The number of benzene rings is 1. The molecule has 0 aliphatic heterocycles. The van der Waals surface area contributed by atoms with E-state index in [1.54, 1.807) is 18.9 Å². The summed E-state index contributed by atoms with van der Waals surface area (Å²) in [4.78, 5) is 51.4. The van der Waals surface area contributed by atoms with Gasteiger partial charge in [-0.1, -0.05) is 77.3 Å². The lowest BCUT2D eigenvalue weighted by molar-refractivity contribution is -0.131. The summed E-state index contributed by atoms with van der Waals surface area (Å²) in [5, 5.41) is 21.5. The molecule has 4 atom stereocenters. The highest BCUT2D eigenvalue weighted by molar-refractivity contribution is 5.86. The molecule has 0 bridgehead atoms. The lowest BCUT2D eigenvalue weighted by Gasteiger charge is -2.35. The molecule has 13 heteroatoms. The van der Waals surface area contributed by atoms with Crippen LogP contribution in [-0.4, -0.2) is 98.9 Å². The quantitative estimate of drug-likeness (QED) is 0.119. The first-order chi connectivity index (χ1) is 21.9. The van der Waals surface area contributed by atoms with Gasteiger partial charge in [0.05, 0.1) is 25.9 Å². The summed E-state index contributed by atoms with van der Waals surface area (Å²) in [5.41, 5.74) is 3.85. The number of amides is 4. The number of carbonyl (C=O) groups excluding carboxylic acids is 4. The Balaban J connectivity index is 2.28. The van der Waals surface area contributed by atoms with Gasteiger partial charge in [0.1, 0.15) is 18.7 Å². The van der Waals surface area contributed by atoms with E-state index in [0.29, 0.717) is 18.9 Å². The van der Waals surface area contributed by atoms with Crippen LogP contribution in [0.2, 0.25) is 0 Å². The molecule has 46 heavy (non-hydrogen) atoms. The molecule has 260 valence electrons. The SMILES string of the molecule is COCCOC(=O)N[C@H](C(=O)NN(CC1CCCCC1)C[C@H](O)[C@H](Cc1ccccc1)NC(=O)[C@@H](NC(=O)OC)C(C)C)C(C)C. The van der Waals surface area contributed by atoms with Crippen LogP contribution in [0.4, 0.5) is 9.59 Å². The van der Waals surface area contributed by atoms with Crippen molar-refractivity contribution in [3.8, 4) is 0 Å². The summed E-state index contributed by atoms with van der Waals surface area (Å²) >= 11 is 0. The molecule has 1 aromatic carbocycles. The summed E-state index contributed by atoms with van der Waals surface area (Å²) < 4.78 is 14.7. The van der Waals surface area contributed by atoms with Gasteiger partial charge in [0.25, 0.3) is 5.91 Å². The average Bonchev–Trinajstić information content (AvgIpc) is 3.02. The molecule has 0 saturated heterocycles. The predicted octanol–water partition coefficient (Wildman–Crippen LogP) is 2.77. The van der Waals surface area contributed by atoms with Crippen LogP contribution in [0.3, 0.4) is 0 Å². The zero-order valence-electron chi connectivity index (χ0n) is 28.3. The monoisotopic (exact) mass is 649 g/mol. The van der Waals surface area contributed by atoms with Crippen LogP contribution >= 0.6 is 0 Å². The van der Waals surface area contributed by atoms with E-state index in [1.807, 2.05) is 44.2 Å². The molecule has 4 amide bonds. The smallest absolute Gasteiger partial charge is 0.407 e. The molecule has 1 fully saturated rings. The number of alkyl carbamates (subject to hydrolysis) is 2. The number of hydrogen-bond acceptors (Lipinski definition) is 9. The van der Waals surface area contributed by atoms with Crippen molar-refractivity contribution in [1.29, 1.82) is 0 Å². The Hall–Kier alpha value is -3.42. The van der Waals surface area contributed by atoms with Gasteiger partial charge in [-0.3, -0.25) is 15.0 Å². The van der Waals surface area contributed by atoms with Crippen LogP contribution in [0.25, 0.3) is 0 Å². The van der Waals surface area contributed by atoms with E-state index < -0.39 is 48.2 Å². The minimum absolute atomic E-state index is 0.0138. The van der Waals surface area contributed by atoms with Gasteiger partial charge < -0.3 is 35.3 Å². The fourth-order valence-electron chi connectivity index (χ4n) is 5.49. The van der Waals surface area contributed by atoms with Crippen LogP contribution in [-0.2, 0) is 30.2 Å². The first kappa shape index (κ1) is 38.8. The number of nitrogens with zero attached hydrogens (tertiary/aromatic N) is 1. The van der Waals surface area contributed by atoms with Crippen LogP contribution in [0.5, 0.6) is 0 Å². The van der Waals surface area contributed by atoms with Crippen molar-refractivity contribution < 1.29 is 38.5 Å². The van der Waals surface area contributed by atoms with Gasteiger partial charge in [-0.2, -0.15) is 0 Å². The molecule has 1 aliphatic rings. The lowest BCUT2D eigenvalue weighted by Crippen LogP contribution is -2.60. The fourth-order valence-corrected chi connectivity index (χ4v) is 5.49. The third kappa shape index (κ3) is 13.9. The van der Waals surface area contributed by atoms with Gasteiger partial charge >= 0.3 is 12.2 Å². The van der Waals surface area contributed by atoms with Crippen molar-refractivity contribution >= 4 is 24.0 Å². The molecule has 0 spiro atoms. The van der Waals surface area contributed by atoms with Crippen molar-refractivity contribution in [1.82, 2.24) is 26.4 Å². The Morgan fingerprint density at radius 1 is 0.848 bits per heavy atom. The highest BCUT2D eigenvalue weighted by Crippen LogP contribution is 2.24. The minimum Gasteiger partial charge on any atom is -0.453 e. The summed E-state index contributed by atoms with van der Waals surface area (Å²) in [7, 11) is 2.73. The Morgan fingerprint density at radius 2 is 1.46 bits per heavy atom. The maximum Gasteiger partial charge on any atom is 0.407 e. The van der Waals surface area contributed by atoms with Gasteiger partial charge in [-0.25, -0.2) is 14.6 Å². The first-order valence-electron chi connectivity index (χ1n) is 16.3. The summed E-state index contributed by atoms with van der Waals surface area (Å²) in [6.07, 6.45) is 3.09. The van der Waals surface area contributed by atoms with Crippen molar-refractivity contribution in [2.75, 3.05) is 40.5 Å². The summed E-state index contributed by atoms with van der Waals surface area (Å²) in [5.74, 6) is -1.09. The third-order valence-corrected chi connectivity index (χ3v) is 8.12. The standard InChI is InChI=1S/C33H55N5O8/c1-22(2)28(35-32(42)45-6)30(40)34-26(19-24-13-9-7-10-14-24)27(39)21-38(20-25-15-11-8-12-16-25)37-31(41)29(23(3)4)36-33(43)46-18-17-44-5/h7,9-10,13-14,22-23,25-29,39H,8,11-12,15-21H2,1-6H3,(H,34,40)(H,35,42)(H,36,43)(H,37,41)/t26-,27-,28-,29-/m0/s1. The normalized spacial score (nSPS) is 16.3. The highest BCUT2D eigenvalue weighted by Gasteiger charge is 2.32. The molecular formula is C33H55N5O8. The Morgan fingerprint density at radius 3 is 2.04 bits per heavy atom. The van der Waals surface area contributed by atoms with E-state index in [2.05, 4.69) is 21.4 Å². The molecular weight excluding hydrogens is 594 g/mol. The van der Waals surface area contributed by atoms with E-state index in [9.17, 15) is 24.3 Å². The number of methoxy groups -OCH3 is 2. The highest BCUT2D eigenvalue weighted by atomic mass is 16.6. The van der Waals surface area contributed by atoms with Gasteiger partial charge in [-0.05, 0) is 42.6 Å².